The molecule has 0 saturated carbocycles. The molecule has 2 rings (SSSR count). The second kappa shape index (κ2) is 6.29. The number of rotatable bonds is 5. The Hall–Kier alpha value is -2.21. The number of amides is 1. The second-order valence-electron chi connectivity index (χ2n) is 4.22. The maximum absolute atomic E-state index is 11.8. The number of nitrogens with zero attached hydrogens (tertiary/aromatic N) is 1. The maximum Gasteiger partial charge on any atom is 0.335 e. The van der Waals surface area contributed by atoms with Crippen LogP contribution in [0.25, 0.3) is 0 Å². The van der Waals surface area contributed by atoms with Crippen molar-refractivity contribution < 1.29 is 14.7 Å². The summed E-state index contributed by atoms with van der Waals surface area (Å²) in [6.45, 7) is 2.21. The molecule has 20 heavy (non-hydrogen) atoms. The lowest BCUT2D eigenvalue weighted by Gasteiger charge is -2.06. The van der Waals surface area contributed by atoms with Gasteiger partial charge in [-0.15, -0.1) is 11.3 Å². The SMILES string of the molecule is Cc1nc(C(=O)NCCc2ccccc2C(=O)O)cs1. The Labute approximate surface area is 120 Å². The first-order chi connectivity index (χ1) is 9.58. The van der Waals surface area contributed by atoms with Gasteiger partial charge in [-0.25, -0.2) is 9.78 Å². The fraction of sp³-hybridized carbons (Fsp3) is 0.214. The van der Waals surface area contributed by atoms with Gasteiger partial charge < -0.3 is 10.4 Å². The first kappa shape index (κ1) is 14.2. The molecular formula is C14H14N2O3S. The van der Waals surface area contributed by atoms with E-state index in [4.69, 9.17) is 5.11 Å². The molecule has 5 nitrogen and oxygen atoms in total. The van der Waals surface area contributed by atoms with Crippen LogP contribution in [0.4, 0.5) is 0 Å². The van der Waals surface area contributed by atoms with Gasteiger partial charge in [0.25, 0.3) is 5.91 Å². The maximum atomic E-state index is 11.8. The number of nitrogens with one attached hydrogen (secondary N) is 1. The monoisotopic (exact) mass is 290 g/mol. The summed E-state index contributed by atoms with van der Waals surface area (Å²) in [7, 11) is 0. The van der Waals surface area contributed by atoms with E-state index in [1.807, 2.05) is 6.92 Å². The summed E-state index contributed by atoms with van der Waals surface area (Å²) in [6, 6.07) is 6.78. The molecule has 0 saturated heterocycles. The van der Waals surface area contributed by atoms with E-state index in [1.165, 1.54) is 11.3 Å². The van der Waals surface area contributed by atoms with Gasteiger partial charge in [-0.3, -0.25) is 4.79 Å². The zero-order valence-electron chi connectivity index (χ0n) is 10.9. The summed E-state index contributed by atoms with van der Waals surface area (Å²) < 4.78 is 0. The molecule has 104 valence electrons. The molecule has 0 spiro atoms. The Morgan fingerprint density at radius 1 is 1.35 bits per heavy atom. The zero-order chi connectivity index (χ0) is 14.5. The van der Waals surface area contributed by atoms with E-state index in [2.05, 4.69) is 10.3 Å². The molecule has 2 aromatic rings. The molecule has 0 bridgehead atoms. The fourth-order valence-corrected chi connectivity index (χ4v) is 2.41. The Morgan fingerprint density at radius 2 is 2.10 bits per heavy atom. The largest absolute Gasteiger partial charge is 0.478 e. The van der Waals surface area contributed by atoms with Gasteiger partial charge in [-0.05, 0) is 25.0 Å². The topological polar surface area (TPSA) is 79.3 Å². The average Bonchev–Trinajstić information content (AvgIpc) is 2.86. The molecule has 1 aromatic heterocycles. The number of hydrogen-bond donors (Lipinski definition) is 2. The second-order valence-corrected chi connectivity index (χ2v) is 5.28. The molecule has 0 atom stereocenters. The summed E-state index contributed by atoms with van der Waals surface area (Å²) in [6.07, 6.45) is 0.470. The summed E-state index contributed by atoms with van der Waals surface area (Å²) in [5.41, 5.74) is 1.38. The first-order valence-electron chi connectivity index (χ1n) is 6.09. The molecule has 0 radical (unpaired) electrons. The molecule has 1 aromatic carbocycles. The molecule has 0 unspecified atom stereocenters. The number of carboxylic acids is 1. The third-order valence-electron chi connectivity index (χ3n) is 2.78. The van der Waals surface area contributed by atoms with Gasteiger partial charge in [0.2, 0.25) is 0 Å². The molecule has 6 heteroatoms. The number of hydrogen-bond acceptors (Lipinski definition) is 4. The van der Waals surface area contributed by atoms with Gasteiger partial charge in [0.15, 0.2) is 0 Å². The molecule has 1 heterocycles. The highest BCUT2D eigenvalue weighted by Crippen LogP contribution is 2.10. The predicted molar refractivity (Wildman–Crippen MR) is 76.3 cm³/mol. The molecular weight excluding hydrogens is 276 g/mol. The van der Waals surface area contributed by atoms with Crippen LogP contribution in [0.1, 0.15) is 31.4 Å². The smallest absolute Gasteiger partial charge is 0.335 e. The van der Waals surface area contributed by atoms with Crippen molar-refractivity contribution in [2.45, 2.75) is 13.3 Å². The number of carbonyl (C=O) groups is 2. The Bertz CT molecular complexity index is 637. The van der Waals surface area contributed by atoms with Crippen LogP contribution in [-0.2, 0) is 6.42 Å². The lowest BCUT2D eigenvalue weighted by molar-refractivity contribution is 0.0695. The van der Waals surface area contributed by atoms with Gasteiger partial charge in [0, 0.05) is 11.9 Å². The van der Waals surface area contributed by atoms with E-state index in [0.717, 1.165) is 5.01 Å². The minimum atomic E-state index is -0.956. The van der Waals surface area contributed by atoms with Crippen LogP contribution in [0, 0.1) is 6.92 Å². The standard InChI is InChI=1S/C14H14N2O3S/c1-9-16-12(8-20-9)13(17)15-7-6-10-4-2-3-5-11(10)14(18)19/h2-5,8H,6-7H2,1H3,(H,15,17)(H,18,19). The number of aromatic carboxylic acids is 1. The van der Waals surface area contributed by atoms with E-state index in [9.17, 15) is 9.59 Å². The lowest BCUT2D eigenvalue weighted by Crippen LogP contribution is -2.26. The van der Waals surface area contributed by atoms with E-state index < -0.39 is 5.97 Å². The summed E-state index contributed by atoms with van der Waals surface area (Å²) in [4.78, 5) is 26.9. The third kappa shape index (κ3) is 3.42. The predicted octanol–water partition coefficient (Wildman–Crippen LogP) is 2.12. The van der Waals surface area contributed by atoms with Crippen LogP contribution in [0.2, 0.25) is 0 Å². The van der Waals surface area contributed by atoms with Crippen LogP contribution < -0.4 is 5.32 Å². The van der Waals surface area contributed by atoms with Gasteiger partial charge in [-0.2, -0.15) is 0 Å². The molecule has 0 fully saturated rings. The average molecular weight is 290 g/mol. The normalized spacial score (nSPS) is 10.2. The van der Waals surface area contributed by atoms with Crippen molar-refractivity contribution in [1.82, 2.24) is 10.3 Å². The Kier molecular flexibility index (Phi) is 4.47. The van der Waals surface area contributed by atoms with Crippen molar-refractivity contribution in [2.24, 2.45) is 0 Å². The summed E-state index contributed by atoms with van der Waals surface area (Å²) in [5.74, 6) is -1.19. The highest BCUT2D eigenvalue weighted by Gasteiger charge is 2.11. The van der Waals surface area contributed by atoms with E-state index >= 15 is 0 Å². The number of aromatic nitrogens is 1. The van der Waals surface area contributed by atoms with Crippen molar-refractivity contribution in [3.63, 3.8) is 0 Å². The first-order valence-corrected chi connectivity index (χ1v) is 6.97. The highest BCUT2D eigenvalue weighted by atomic mass is 32.1. The van der Waals surface area contributed by atoms with Gasteiger partial charge >= 0.3 is 5.97 Å². The molecule has 0 aliphatic rings. The Balaban J connectivity index is 1.93. The van der Waals surface area contributed by atoms with Gasteiger partial charge in [0.1, 0.15) is 5.69 Å². The van der Waals surface area contributed by atoms with Crippen LogP contribution >= 0.6 is 11.3 Å². The van der Waals surface area contributed by atoms with Gasteiger partial charge in [-0.1, -0.05) is 18.2 Å². The van der Waals surface area contributed by atoms with Crippen molar-refractivity contribution >= 4 is 23.2 Å². The Morgan fingerprint density at radius 3 is 2.75 bits per heavy atom. The van der Waals surface area contributed by atoms with Crippen molar-refractivity contribution in [1.29, 1.82) is 0 Å². The fourth-order valence-electron chi connectivity index (χ4n) is 1.82. The summed E-state index contributed by atoms with van der Waals surface area (Å²) >= 11 is 1.42. The van der Waals surface area contributed by atoms with Crippen LogP contribution in [0.15, 0.2) is 29.6 Å². The molecule has 0 aliphatic carbocycles. The summed E-state index contributed by atoms with van der Waals surface area (Å²) in [5, 5.41) is 14.3. The number of thiazole rings is 1. The minimum absolute atomic E-state index is 0.234. The minimum Gasteiger partial charge on any atom is -0.478 e. The van der Waals surface area contributed by atoms with Crippen molar-refractivity contribution in [3.8, 4) is 0 Å². The molecule has 1 amide bonds. The van der Waals surface area contributed by atoms with Crippen LogP contribution in [0.3, 0.4) is 0 Å². The highest BCUT2D eigenvalue weighted by molar-refractivity contribution is 7.09. The van der Waals surface area contributed by atoms with Crippen molar-refractivity contribution in [2.75, 3.05) is 6.54 Å². The van der Waals surface area contributed by atoms with Crippen molar-refractivity contribution in [3.05, 3.63) is 51.5 Å². The molecule has 0 aliphatic heterocycles. The van der Waals surface area contributed by atoms with E-state index in [0.29, 0.717) is 24.2 Å². The quantitative estimate of drug-likeness (QED) is 0.884. The van der Waals surface area contributed by atoms with Gasteiger partial charge in [0.05, 0.1) is 10.6 Å². The number of aryl methyl sites for hydroxylation is 1. The number of benzene rings is 1. The number of carboxylic acid groups (broad SMARTS) is 1. The number of carbonyl (C=O) groups excluding carboxylic acids is 1. The van der Waals surface area contributed by atoms with E-state index in [1.54, 1.807) is 29.6 Å². The zero-order valence-corrected chi connectivity index (χ0v) is 11.7. The van der Waals surface area contributed by atoms with Crippen LogP contribution in [-0.4, -0.2) is 28.5 Å². The van der Waals surface area contributed by atoms with E-state index in [-0.39, 0.29) is 11.5 Å². The lowest BCUT2D eigenvalue weighted by atomic mass is 10.0. The van der Waals surface area contributed by atoms with Crippen LogP contribution in [0.5, 0.6) is 0 Å². The molecule has 2 N–H and O–H groups in total. The third-order valence-corrected chi connectivity index (χ3v) is 3.55.